The van der Waals surface area contributed by atoms with Crippen LogP contribution in [0.2, 0.25) is 0 Å². The van der Waals surface area contributed by atoms with Gasteiger partial charge in [-0.1, -0.05) is 25.0 Å². The van der Waals surface area contributed by atoms with Gasteiger partial charge in [-0.05, 0) is 55.7 Å². The molecule has 2 aromatic rings. The van der Waals surface area contributed by atoms with Gasteiger partial charge in [0, 0.05) is 9.77 Å². The maximum absolute atomic E-state index is 12.4. The lowest BCUT2D eigenvalue weighted by Crippen LogP contribution is -2.41. The van der Waals surface area contributed by atoms with Crippen molar-refractivity contribution in [2.75, 3.05) is 6.26 Å². The first kappa shape index (κ1) is 18.0. The van der Waals surface area contributed by atoms with Crippen molar-refractivity contribution in [1.29, 1.82) is 0 Å². The van der Waals surface area contributed by atoms with Crippen molar-refractivity contribution < 1.29 is 9.59 Å². The van der Waals surface area contributed by atoms with Crippen molar-refractivity contribution >= 4 is 34.9 Å². The lowest BCUT2D eigenvalue weighted by molar-refractivity contribution is 0.0847. The van der Waals surface area contributed by atoms with E-state index in [1.54, 1.807) is 17.4 Å². The standard InChI is InChI=1S/C19H22N2O2S2/c1-24-16-11-7-6-9-14(16)18(22)20-21-19(23)17-12-13-8-4-2-3-5-10-15(13)25-17/h6-7,9,11-12H,2-5,8,10H2,1H3,(H,20,22)(H,21,23). The van der Waals surface area contributed by atoms with Crippen LogP contribution in [0.5, 0.6) is 0 Å². The average molecular weight is 375 g/mol. The molecule has 4 nitrogen and oxygen atoms in total. The summed E-state index contributed by atoms with van der Waals surface area (Å²) in [6.45, 7) is 0. The number of amides is 2. The van der Waals surface area contributed by atoms with Crippen molar-refractivity contribution in [3.63, 3.8) is 0 Å². The van der Waals surface area contributed by atoms with Gasteiger partial charge in [0.1, 0.15) is 0 Å². The predicted octanol–water partition coefficient (Wildman–Crippen LogP) is 4.20. The molecule has 0 radical (unpaired) electrons. The van der Waals surface area contributed by atoms with Gasteiger partial charge >= 0.3 is 0 Å². The Bertz CT molecular complexity index is 745. The van der Waals surface area contributed by atoms with Crippen LogP contribution in [0.15, 0.2) is 35.2 Å². The van der Waals surface area contributed by atoms with Gasteiger partial charge in [0.15, 0.2) is 0 Å². The molecule has 0 spiro atoms. The predicted molar refractivity (Wildman–Crippen MR) is 103 cm³/mol. The van der Waals surface area contributed by atoms with Gasteiger partial charge in [0.25, 0.3) is 11.8 Å². The van der Waals surface area contributed by atoms with Crippen LogP contribution in [0, 0.1) is 0 Å². The van der Waals surface area contributed by atoms with Crippen LogP contribution in [-0.4, -0.2) is 18.1 Å². The minimum atomic E-state index is -0.298. The highest BCUT2D eigenvalue weighted by Crippen LogP contribution is 2.28. The number of carbonyl (C=O) groups excluding carboxylic acids is 2. The van der Waals surface area contributed by atoms with Gasteiger partial charge in [-0.2, -0.15) is 0 Å². The number of thioether (sulfide) groups is 1. The maximum atomic E-state index is 12.4. The van der Waals surface area contributed by atoms with Crippen LogP contribution in [0.3, 0.4) is 0 Å². The highest BCUT2D eigenvalue weighted by molar-refractivity contribution is 7.98. The molecule has 0 aliphatic heterocycles. The highest BCUT2D eigenvalue weighted by atomic mass is 32.2. The van der Waals surface area contributed by atoms with Gasteiger partial charge in [0.2, 0.25) is 0 Å². The summed E-state index contributed by atoms with van der Waals surface area (Å²) in [6.07, 6.45) is 8.94. The van der Waals surface area contributed by atoms with Crippen molar-refractivity contribution in [3.05, 3.63) is 51.2 Å². The van der Waals surface area contributed by atoms with E-state index in [-0.39, 0.29) is 11.8 Å². The Morgan fingerprint density at radius 1 is 1.00 bits per heavy atom. The summed E-state index contributed by atoms with van der Waals surface area (Å²) in [4.78, 5) is 27.6. The highest BCUT2D eigenvalue weighted by Gasteiger charge is 2.17. The average Bonchev–Trinajstić information content (AvgIpc) is 3.01. The number of carbonyl (C=O) groups is 2. The summed E-state index contributed by atoms with van der Waals surface area (Å²) in [5.74, 6) is -0.542. The number of fused-ring (bicyclic) bond motifs is 1. The molecule has 1 aromatic carbocycles. The fourth-order valence-corrected chi connectivity index (χ4v) is 4.77. The van der Waals surface area contributed by atoms with Gasteiger partial charge in [-0.15, -0.1) is 23.1 Å². The number of benzene rings is 1. The Labute approximate surface area is 156 Å². The first-order valence-electron chi connectivity index (χ1n) is 8.54. The Kier molecular flexibility index (Phi) is 6.15. The van der Waals surface area contributed by atoms with E-state index < -0.39 is 0 Å². The molecule has 1 heterocycles. The van der Waals surface area contributed by atoms with Crippen LogP contribution in [-0.2, 0) is 12.8 Å². The molecule has 1 aliphatic carbocycles. The number of thiophene rings is 1. The lowest BCUT2D eigenvalue weighted by Gasteiger charge is -2.09. The second kappa shape index (κ2) is 8.54. The molecule has 0 saturated carbocycles. The zero-order valence-electron chi connectivity index (χ0n) is 14.3. The number of hydrazine groups is 1. The van der Waals surface area contributed by atoms with E-state index in [9.17, 15) is 9.59 Å². The smallest absolute Gasteiger partial charge is 0.267 e. The molecule has 0 bridgehead atoms. The molecule has 0 atom stereocenters. The van der Waals surface area contributed by atoms with Gasteiger partial charge in [-0.3, -0.25) is 20.4 Å². The molecule has 0 unspecified atom stereocenters. The van der Waals surface area contributed by atoms with E-state index in [0.29, 0.717) is 10.4 Å². The van der Waals surface area contributed by atoms with Crippen LogP contribution >= 0.6 is 23.1 Å². The molecule has 1 aromatic heterocycles. The Hall–Kier alpha value is -1.79. The summed E-state index contributed by atoms with van der Waals surface area (Å²) in [5.41, 5.74) is 6.95. The van der Waals surface area contributed by atoms with Crippen molar-refractivity contribution in [2.45, 2.75) is 43.4 Å². The quantitative estimate of drug-likeness (QED) is 0.625. The minimum Gasteiger partial charge on any atom is -0.267 e. The molecule has 0 fully saturated rings. The number of nitrogens with one attached hydrogen (secondary N) is 2. The molecule has 1 aliphatic rings. The molecule has 25 heavy (non-hydrogen) atoms. The van der Waals surface area contributed by atoms with Crippen LogP contribution in [0.25, 0.3) is 0 Å². The third kappa shape index (κ3) is 4.44. The number of aryl methyl sites for hydroxylation is 2. The second-order valence-electron chi connectivity index (χ2n) is 6.08. The Morgan fingerprint density at radius 3 is 2.52 bits per heavy atom. The third-order valence-electron chi connectivity index (χ3n) is 4.36. The first-order chi connectivity index (χ1) is 12.2. The number of hydrogen-bond acceptors (Lipinski definition) is 4. The van der Waals surface area contributed by atoms with Crippen LogP contribution in [0.1, 0.15) is 56.2 Å². The molecule has 6 heteroatoms. The second-order valence-corrected chi connectivity index (χ2v) is 8.07. The maximum Gasteiger partial charge on any atom is 0.279 e. The van der Waals surface area contributed by atoms with Gasteiger partial charge < -0.3 is 0 Å². The largest absolute Gasteiger partial charge is 0.279 e. The minimum absolute atomic E-state index is 0.244. The number of hydrogen-bond donors (Lipinski definition) is 2. The zero-order chi connectivity index (χ0) is 17.6. The molecule has 2 amide bonds. The summed E-state index contributed by atoms with van der Waals surface area (Å²) in [7, 11) is 0. The van der Waals surface area contributed by atoms with E-state index >= 15 is 0 Å². The molecule has 2 N–H and O–H groups in total. The van der Waals surface area contributed by atoms with Crippen molar-refractivity contribution in [3.8, 4) is 0 Å². The van der Waals surface area contributed by atoms with Crippen LogP contribution in [0.4, 0.5) is 0 Å². The SMILES string of the molecule is CSc1ccccc1C(=O)NNC(=O)c1cc2c(s1)CCCCCC2. The molecule has 0 saturated heterocycles. The molecular formula is C19H22N2O2S2. The fraction of sp³-hybridized carbons (Fsp3) is 0.368. The summed E-state index contributed by atoms with van der Waals surface area (Å²) in [6, 6.07) is 9.34. The normalized spacial score (nSPS) is 14.1. The zero-order valence-corrected chi connectivity index (χ0v) is 15.9. The summed E-state index contributed by atoms with van der Waals surface area (Å²) >= 11 is 3.06. The topological polar surface area (TPSA) is 58.2 Å². The summed E-state index contributed by atoms with van der Waals surface area (Å²) in [5, 5.41) is 0. The molecule has 3 rings (SSSR count). The Morgan fingerprint density at radius 2 is 1.72 bits per heavy atom. The Balaban J connectivity index is 1.64. The van der Waals surface area contributed by atoms with Crippen LogP contribution < -0.4 is 10.9 Å². The lowest BCUT2D eigenvalue weighted by atomic mass is 10.00. The fourth-order valence-electron chi connectivity index (χ4n) is 3.03. The molecule has 132 valence electrons. The van der Waals surface area contributed by atoms with Gasteiger partial charge in [-0.25, -0.2) is 0 Å². The number of rotatable bonds is 3. The summed E-state index contributed by atoms with van der Waals surface area (Å²) < 4.78 is 0. The van der Waals surface area contributed by atoms with E-state index in [0.717, 1.165) is 17.7 Å². The van der Waals surface area contributed by atoms with E-state index in [4.69, 9.17) is 0 Å². The van der Waals surface area contributed by atoms with E-state index in [2.05, 4.69) is 10.9 Å². The molecular weight excluding hydrogens is 352 g/mol. The van der Waals surface area contributed by atoms with Crippen molar-refractivity contribution in [2.24, 2.45) is 0 Å². The third-order valence-corrected chi connectivity index (χ3v) is 6.39. The van der Waals surface area contributed by atoms with Gasteiger partial charge in [0.05, 0.1) is 10.4 Å². The van der Waals surface area contributed by atoms with Crippen molar-refractivity contribution in [1.82, 2.24) is 10.9 Å². The van der Waals surface area contributed by atoms with E-state index in [1.165, 1.54) is 47.9 Å². The first-order valence-corrected chi connectivity index (χ1v) is 10.6. The van der Waals surface area contributed by atoms with E-state index in [1.807, 2.05) is 30.5 Å². The monoisotopic (exact) mass is 374 g/mol.